The Bertz CT molecular complexity index is 355. The highest BCUT2D eigenvalue weighted by atomic mass is 16.5. The van der Waals surface area contributed by atoms with Gasteiger partial charge in [0, 0.05) is 7.11 Å². The third kappa shape index (κ3) is 6.86. The predicted molar refractivity (Wildman–Crippen MR) is 78.0 cm³/mol. The van der Waals surface area contributed by atoms with E-state index in [1.807, 2.05) is 31.2 Å². The molecular formula is C15H25NO4. The Morgan fingerprint density at radius 2 is 1.85 bits per heavy atom. The first-order valence-corrected chi connectivity index (χ1v) is 6.86. The molecule has 20 heavy (non-hydrogen) atoms. The van der Waals surface area contributed by atoms with Gasteiger partial charge in [-0.05, 0) is 37.6 Å². The average molecular weight is 283 g/mol. The molecule has 2 unspecified atom stereocenters. The maximum atomic E-state index is 9.76. The molecule has 0 aliphatic heterocycles. The molecule has 0 aromatic heterocycles. The molecule has 1 aromatic carbocycles. The Labute approximate surface area is 120 Å². The fourth-order valence-electron chi connectivity index (χ4n) is 1.72. The third-order valence-corrected chi connectivity index (χ3v) is 2.77. The molecule has 0 amide bonds. The van der Waals surface area contributed by atoms with Crippen molar-refractivity contribution >= 4 is 0 Å². The van der Waals surface area contributed by atoms with Crippen molar-refractivity contribution in [2.24, 2.45) is 5.73 Å². The standard InChI is InChI=1S/C15H25NO4/c1-12(9-18-2)19-10-14(17)11-20-15-5-3-13(4-6-15)7-8-16/h3-6,12,14,17H,7-11,16H2,1-2H3. The van der Waals surface area contributed by atoms with E-state index in [1.165, 1.54) is 5.56 Å². The summed E-state index contributed by atoms with van der Waals surface area (Å²) in [5.41, 5.74) is 6.67. The zero-order valence-electron chi connectivity index (χ0n) is 12.2. The minimum Gasteiger partial charge on any atom is -0.491 e. The predicted octanol–water partition coefficient (Wildman–Crippen LogP) is 0.979. The van der Waals surface area contributed by atoms with E-state index in [1.54, 1.807) is 7.11 Å². The van der Waals surface area contributed by atoms with Crippen LogP contribution in [0.25, 0.3) is 0 Å². The molecule has 5 nitrogen and oxygen atoms in total. The van der Waals surface area contributed by atoms with Crippen LogP contribution in [-0.2, 0) is 15.9 Å². The molecule has 1 aromatic rings. The highest BCUT2D eigenvalue weighted by Crippen LogP contribution is 2.12. The van der Waals surface area contributed by atoms with Gasteiger partial charge >= 0.3 is 0 Å². The van der Waals surface area contributed by atoms with Gasteiger partial charge in [-0.15, -0.1) is 0 Å². The molecule has 0 saturated heterocycles. The van der Waals surface area contributed by atoms with Crippen molar-refractivity contribution in [3.05, 3.63) is 29.8 Å². The molecule has 5 heteroatoms. The molecule has 0 heterocycles. The molecule has 2 atom stereocenters. The van der Waals surface area contributed by atoms with E-state index >= 15 is 0 Å². The number of rotatable bonds is 10. The Kier molecular flexibility index (Phi) is 8.22. The fraction of sp³-hybridized carbons (Fsp3) is 0.600. The van der Waals surface area contributed by atoms with Crippen LogP contribution in [0.4, 0.5) is 0 Å². The van der Waals surface area contributed by atoms with Gasteiger partial charge in [0.2, 0.25) is 0 Å². The second-order valence-electron chi connectivity index (χ2n) is 4.75. The number of aliphatic hydroxyl groups excluding tert-OH is 1. The van der Waals surface area contributed by atoms with Crippen molar-refractivity contribution in [2.45, 2.75) is 25.6 Å². The number of methoxy groups -OCH3 is 1. The van der Waals surface area contributed by atoms with Crippen molar-refractivity contribution in [1.82, 2.24) is 0 Å². The molecule has 0 aliphatic carbocycles. The Hall–Kier alpha value is -1.14. The fourth-order valence-corrected chi connectivity index (χ4v) is 1.72. The van der Waals surface area contributed by atoms with Crippen LogP contribution in [0.5, 0.6) is 5.75 Å². The smallest absolute Gasteiger partial charge is 0.119 e. The van der Waals surface area contributed by atoms with Gasteiger partial charge in [0.05, 0.1) is 19.3 Å². The Morgan fingerprint density at radius 3 is 2.45 bits per heavy atom. The largest absolute Gasteiger partial charge is 0.491 e. The van der Waals surface area contributed by atoms with Gasteiger partial charge in [0.15, 0.2) is 0 Å². The maximum absolute atomic E-state index is 9.76. The Morgan fingerprint density at radius 1 is 1.15 bits per heavy atom. The van der Waals surface area contributed by atoms with Gasteiger partial charge in [-0.3, -0.25) is 0 Å². The summed E-state index contributed by atoms with van der Waals surface area (Å²) in [7, 11) is 1.62. The monoisotopic (exact) mass is 283 g/mol. The minimum absolute atomic E-state index is 0.0369. The second-order valence-corrected chi connectivity index (χ2v) is 4.75. The second kappa shape index (κ2) is 9.72. The van der Waals surface area contributed by atoms with Crippen molar-refractivity contribution < 1.29 is 19.3 Å². The maximum Gasteiger partial charge on any atom is 0.119 e. The normalized spacial score (nSPS) is 14.0. The van der Waals surface area contributed by atoms with Crippen LogP contribution in [0.3, 0.4) is 0 Å². The van der Waals surface area contributed by atoms with Crippen molar-refractivity contribution in [1.29, 1.82) is 0 Å². The van der Waals surface area contributed by atoms with E-state index in [2.05, 4.69) is 0 Å². The summed E-state index contributed by atoms with van der Waals surface area (Å²) >= 11 is 0. The number of aliphatic hydroxyl groups is 1. The number of nitrogens with two attached hydrogens (primary N) is 1. The number of benzene rings is 1. The Balaban J connectivity index is 2.24. The van der Waals surface area contributed by atoms with Crippen molar-refractivity contribution in [3.8, 4) is 5.75 Å². The third-order valence-electron chi connectivity index (χ3n) is 2.77. The van der Waals surface area contributed by atoms with Crippen molar-refractivity contribution in [3.63, 3.8) is 0 Å². The highest BCUT2D eigenvalue weighted by molar-refractivity contribution is 5.27. The number of hydrogen-bond donors (Lipinski definition) is 2. The molecule has 3 N–H and O–H groups in total. The summed E-state index contributed by atoms with van der Waals surface area (Å²) in [6, 6.07) is 7.72. The van der Waals surface area contributed by atoms with Gasteiger partial charge in [0.25, 0.3) is 0 Å². The molecular weight excluding hydrogens is 258 g/mol. The van der Waals surface area contributed by atoms with Crippen molar-refractivity contribution in [2.75, 3.05) is 33.5 Å². The molecule has 114 valence electrons. The van der Waals surface area contributed by atoms with Gasteiger partial charge in [-0.25, -0.2) is 0 Å². The van der Waals surface area contributed by atoms with Gasteiger partial charge in [-0.2, -0.15) is 0 Å². The first-order chi connectivity index (χ1) is 9.65. The van der Waals surface area contributed by atoms with Crippen LogP contribution < -0.4 is 10.5 Å². The van der Waals surface area contributed by atoms with E-state index in [0.29, 0.717) is 13.2 Å². The molecule has 0 fully saturated rings. The lowest BCUT2D eigenvalue weighted by Crippen LogP contribution is -2.27. The van der Waals surface area contributed by atoms with E-state index < -0.39 is 6.10 Å². The summed E-state index contributed by atoms with van der Waals surface area (Å²) < 4.78 is 15.9. The summed E-state index contributed by atoms with van der Waals surface area (Å²) in [6.07, 6.45) is 0.164. The number of hydrogen-bond acceptors (Lipinski definition) is 5. The molecule has 0 radical (unpaired) electrons. The SMILES string of the molecule is COCC(C)OCC(O)COc1ccc(CCN)cc1. The van der Waals surface area contributed by atoms with E-state index in [4.69, 9.17) is 19.9 Å². The van der Waals surface area contributed by atoms with Crippen LogP contribution >= 0.6 is 0 Å². The van der Waals surface area contributed by atoms with Crippen LogP contribution in [0.1, 0.15) is 12.5 Å². The lowest BCUT2D eigenvalue weighted by atomic mass is 10.1. The van der Waals surface area contributed by atoms with E-state index in [-0.39, 0.29) is 19.3 Å². The lowest BCUT2D eigenvalue weighted by molar-refractivity contribution is -0.0423. The lowest BCUT2D eigenvalue weighted by Gasteiger charge is -2.16. The minimum atomic E-state index is -0.655. The van der Waals surface area contributed by atoms with E-state index in [9.17, 15) is 5.11 Å². The van der Waals surface area contributed by atoms with E-state index in [0.717, 1.165) is 12.2 Å². The summed E-state index contributed by atoms with van der Waals surface area (Å²) in [6.45, 7) is 3.48. The quantitative estimate of drug-likeness (QED) is 0.669. The first-order valence-electron chi connectivity index (χ1n) is 6.86. The highest BCUT2D eigenvalue weighted by Gasteiger charge is 2.09. The zero-order chi connectivity index (χ0) is 14.8. The first kappa shape index (κ1) is 16.9. The molecule has 0 saturated carbocycles. The molecule has 0 spiro atoms. The average Bonchev–Trinajstić information content (AvgIpc) is 2.45. The number of ether oxygens (including phenoxy) is 3. The topological polar surface area (TPSA) is 73.9 Å². The van der Waals surface area contributed by atoms with Crippen LogP contribution in [0.15, 0.2) is 24.3 Å². The van der Waals surface area contributed by atoms with Crippen LogP contribution in [0.2, 0.25) is 0 Å². The van der Waals surface area contributed by atoms with Crippen LogP contribution in [-0.4, -0.2) is 50.8 Å². The molecule has 0 aliphatic rings. The zero-order valence-corrected chi connectivity index (χ0v) is 12.2. The summed E-state index contributed by atoms with van der Waals surface area (Å²) in [4.78, 5) is 0. The molecule has 0 bridgehead atoms. The van der Waals surface area contributed by atoms with Crippen LogP contribution in [0, 0.1) is 0 Å². The molecule has 1 rings (SSSR count). The van der Waals surface area contributed by atoms with Gasteiger partial charge < -0.3 is 25.1 Å². The summed E-state index contributed by atoms with van der Waals surface area (Å²) in [5, 5.41) is 9.76. The van der Waals surface area contributed by atoms with Gasteiger partial charge in [0.1, 0.15) is 18.5 Å². The summed E-state index contributed by atoms with van der Waals surface area (Å²) in [5.74, 6) is 0.731. The van der Waals surface area contributed by atoms with Gasteiger partial charge in [-0.1, -0.05) is 12.1 Å².